The maximum absolute atomic E-state index is 12.8. The number of carboxylic acids is 1. The Labute approximate surface area is 230 Å². The smallest absolute Gasteiger partial charge is 0.328 e. The Bertz CT molecular complexity index is 1530. The summed E-state index contributed by atoms with van der Waals surface area (Å²) in [6, 6.07) is 18.7. The van der Waals surface area contributed by atoms with E-state index in [9.17, 15) is 14.4 Å². The highest BCUT2D eigenvalue weighted by Gasteiger charge is 2.23. The second kappa shape index (κ2) is 12.6. The monoisotopic (exact) mass is 542 g/mol. The minimum absolute atomic E-state index is 0.0737. The van der Waals surface area contributed by atoms with Crippen LogP contribution in [0, 0.1) is 0 Å². The Balaban J connectivity index is 1.51. The predicted octanol–water partition coefficient (Wildman–Crippen LogP) is 3.60. The number of nitrogens with zero attached hydrogens (tertiary/aromatic N) is 2. The number of nitrogens with one attached hydrogen (secondary N) is 2. The second-order valence-electron chi connectivity index (χ2n) is 9.03. The van der Waals surface area contributed by atoms with Crippen molar-refractivity contribution in [3.8, 4) is 11.3 Å². The highest BCUT2D eigenvalue weighted by molar-refractivity contribution is 5.97. The number of nitrogen functional groups attached to an aromatic ring is 2. The van der Waals surface area contributed by atoms with Crippen molar-refractivity contribution in [3.63, 3.8) is 0 Å². The fourth-order valence-corrected chi connectivity index (χ4v) is 4.09. The molecule has 1 amide bonds. The number of esters is 1. The molecule has 7 N–H and O–H groups in total. The van der Waals surface area contributed by atoms with Gasteiger partial charge in [0.2, 0.25) is 0 Å². The van der Waals surface area contributed by atoms with Crippen molar-refractivity contribution in [2.45, 2.75) is 32.4 Å². The first-order valence-corrected chi connectivity index (χ1v) is 12.7. The molecule has 11 heteroatoms. The van der Waals surface area contributed by atoms with E-state index in [2.05, 4.69) is 10.6 Å². The Morgan fingerprint density at radius 3 is 2.40 bits per heavy atom. The van der Waals surface area contributed by atoms with Crippen LogP contribution >= 0.6 is 0 Å². The fraction of sp³-hybridized carbons (Fsp3) is 0.207. The van der Waals surface area contributed by atoms with E-state index in [0.29, 0.717) is 46.0 Å². The molecule has 0 aliphatic carbocycles. The molecule has 1 atom stereocenters. The van der Waals surface area contributed by atoms with Crippen LogP contribution in [0.1, 0.15) is 35.7 Å². The molecule has 1 aromatic heterocycles. The van der Waals surface area contributed by atoms with Gasteiger partial charge in [-0.1, -0.05) is 42.5 Å². The molecule has 0 unspecified atom stereocenters. The van der Waals surface area contributed by atoms with Crippen LogP contribution in [0.3, 0.4) is 0 Å². The average molecular weight is 543 g/mol. The number of nitrogens with two attached hydrogens (primary N) is 2. The van der Waals surface area contributed by atoms with E-state index < -0.39 is 23.9 Å². The zero-order chi connectivity index (χ0) is 28.6. The van der Waals surface area contributed by atoms with Gasteiger partial charge in [0.25, 0.3) is 5.91 Å². The van der Waals surface area contributed by atoms with Crippen molar-refractivity contribution in [1.82, 2.24) is 15.3 Å². The molecule has 0 bridgehead atoms. The average Bonchev–Trinajstić information content (AvgIpc) is 2.94. The summed E-state index contributed by atoms with van der Waals surface area (Å²) >= 11 is 0. The lowest BCUT2D eigenvalue weighted by molar-refractivity contribution is -0.146. The largest absolute Gasteiger partial charge is 0.481 e. The number of carboxylic acid groups (broad SMARTS) is 1. The highest BCUT2D eigenvalue weighted by Crippen LogP contribution is 2.30. The summed E-state index contributed by atoms with van der Waals surface area (Å²) in [5.74, 6) is -1.71. The van der Waals surface area contributed by atoms with Crippen molar-refractivity contribution in [2.75, 3.05) is 23.4 Å². The number of fused-ring (bicyclic) bond motifs is 1. The molecule has 0 fully saturated rings. The molecule has 0 spiro atoms. The summed E-state index contributed by atoms with van der Waals surface area (Å²) in [7, 11) is 0. The third-order valence-electron chi connectivity index (χ3n) is 6.07. The first-order valence-electron chi connectivity index (χ1n) is 12.7. The minimum Gasteiger partial charge on any atom is -0.481 e. The number of rotatable bonds is 11. The molecule has 3 aromatic carbocycles. The SMILES string of the molecule is CCOC(=O)[C@H](CCC(=O)O)NC(=O)c1ccc(CNc2nc3cc(N)cc(N)c3nc2-c2ccccc2)cc1. The summed E-state index contributed by atoms with van der Waals surface area (Å²) in [4.78, 5) is 45.4. The molecule has 4 aromatic rings. The molecular formula is C29H30N6O5. The molecule has 0 aliphatic rings. The summed E-state index contributed by atoms with van der Waals surface area (Å²) in [6.07, 6.45) is -0.355. The molecule has 0 aliphatic heterocycles. The van der Waals surface area contributed by atoms with Gasteiger partial charge in [0.1, 0.15) is 17.3 Å². The molecular weight excluding hydrogens is 512 g/mol. The van der Waals surface area contributed by atoms with Crippen LogP contribution in [0.5, 0.6) is 0 Å². The zero-order valence-electron chi connectivity index (χ0n) is 21.9. The molecule has 11 nitrogen and oxygen atoms in total. The number of amides is 1. The molecule has 0 saturated carbocycles. The van der Waals surface area contributed by atoms with E-state index in [1.165, 1.54) is 0 Å². The quantitative estimate of drug-likeness (QED) is 0.139. The third-order valence-corrected chi connectivity index (χ3v) is 6.07. The Morgan fingerprint density at radius 1 is 1.00 bits per heavy atom. The zero-order valence-corrected chi connectivity index (χ0v) is 21.9. The van der Waals surface area contributed by atoms with Crippen LogP contribution in [0.4, 0.5) is 17.2 Å². The van der Waals surface area contributed by atoms with Gasteiger partial charge in [-0.15, -0.1) is 0 Å². The Hall–Kier alpha value is -5.19. The molecule has 0 radical (unpaired) electrons. The molecule has 206 valence electrons. The van der Waals surface area contributed by atoms with Crippen LogP contribution in [0.15, 0.2) is 66.7 Å². The lowest BCUT2D eigenvalue weighted by Crippen LogP contribution is -2.42. The van der Waals surface area contributed by atoms with Crippen LogP contribution in [0.2, 0.25) is 0 Å². The van der Waals surface area contributed by atoms with Crippen molar-refractivity contribution in [1.29, 1.82) is 0 Å². The summed E-state index contributed by atoms with van der Waals surface area (Å²) in [5.41, 5.74) is 16.8. The van der Waals surface area contributed by atoms with Gasteiger partial charge in [0.05, 0.1) is 17.8 Å². The number of anilines is 3. The lowest BCUT2D eigenvalue weighted by atomic mass is 10.1. The number of carbonyl (C=O) groups is 3. The van der Waals surface area contributed by atoms with Gasteiger partial charge < -0.3 is 31.9 Å². The lowest BCUT2D eigenvalue weighted by Gasteiger charge is -2.17. The van der Waals surface area contributed by atoms with Crippen molar-refractivity contribution in [3.05, 3.63) is 77.9 Å². The van der Waals surface area contributed by atoms with Crippen molar-refractivity contribution >= 4 is 46.1 Å². The highest BCUT2D eigenvalue weighted by atomic mass is 16.5. The van der Waals surface area contributed by atoms with E-state index in [1.54, 1.807) is 43.3 Å². The van der Waals surface area contributed by atoms with E-state index in [1.807, 2.05) is 30.3 Å². The number of aliphatic carboxylic acids is 1. The molecule has 0 saturated heterocycles. The first-order chi connectivity index (χ1) is 19.2. The van der Waals surface area contributed by atoms with Gasteiger partial charge in [-0.05, 0) is 43.2 Å². The normalized spacial score (nSPS) is 11.5. The van der Waals surface area contributed by atoms with Gasteiger partial charge in [-0.25, -0.2) is 14.8 Å². The van der Waals surface area contributed by atoms with E-state index in [0.717, 1.165) is 11.1 Å². The topological polar surface area (TPSA) is 183 Å². The number of carbonyl (C=O) groups excluding carboxylic acids is 2. The standard InChI is InChI=1S/C29H30N6O5/c1-2-40-29(39)22(12-13-24(36)37)34-28(38)19-10-8-17(9-11-19)16-32-27-25(18-6-4-3-5-7-18)35-26-21(31)14-20(30)15-23(26)33-27/h3-11,14-15,22H,2,12-13,16,30-31H2,1H3,(H,32,33)(H,34,38)(H,36,37)/t22-/m0/s1. The van der Waals surface area contributed by atoms with E-state index >= 15 is 0 Å². The second-order valence-corrected chi connectivity index (χ2v) is 9.03. The summed E-state index contributed by atoms with van der Waals surface area (Å²) in [5, 5.41) is 14.9. The molecule has 1 heterocycles. The van der Waals surface area contributed by atoms with Gasteiger partial charge in [-0.3, -0.25) is 9.59 Å². The predicted molar refractivity (Wildman–Crippen MR) is 152 cm³/mol. The van der Waals surface area contributed by atoms with Gasteiger partial charge >= 0.3 is 11.9 Å². The van der Waals surface area contributed by atoms with Gasteiger partial charge in [-0.2, -0.15) is 0 Å². The van der Waals surface area contributed by atoms with Crippen LogP contribution in [-0.2, 0) is 20.9 Å². The Kier molecular flexibility index (Phi) is 8.75. The van der Waals surface area contributed by atoms with Crippen LogP contribution < -0.4 is 22.1 Å². The maximum atomic E-state index is 12.8. The van der Waals surface area contributed by atoms with Gasteiger partial charge in [0.15, 0.2) is 5.82 Å². The number of aromatic nitrogens is 2. The number of ether oxygens (including phenoxy) is 1. The summed E-state index contributed by atoms with van der Waals surface area (Å²) < 4.78 is 4.97. The number of hydrogen-bond donors (Lipinski definition) is 5. The maximum Gasteiger partial charge on any atom is 0.328 e. The summed E-state index contributed by atoms with van der Waals surface area (Å²) in [6.45, 7) is 2.13. The minimum atomic E-state index is -1.07. The fourth-order valence-electron chi connectivity index (χ4n) is 4.09. The molecule has 4 rings (SSSR count). The van der Waals surface area contributed by atoms with E-state index in [-0.39, 0.29) is 19.4 Å². The Morgan fingerprint density at radius 2 is 1.73 bits per heavy atom. The van der Waals surface area contributed by atoms with Crippen LogP contribution in [0.25, 0.3) is 22.3 Å². The number of hydrogen-bond acceptors (Lipinski definition) is 9. The first kappa shape index (κ1) is 27.8. The van der Waals surface area contributed by atoms with Crippen LogP contribution in [-0.4, -0.2) is 45.6 Å². The van der Waals surface area contributed by atoms with Crippen molar-refractivity contribution in [2.24, 2.45) is 0 Å². The number of benzene rings is 3. The van der Waals surface area contributed by atoms with E-state index in [4.69, 9.17) is 31.3 Å². The molecule has 40 heavy (non-hydrogen) atoms. The van der Waals surface area contributed by atoms with Gasteiger partial charge in [0, 0.05) is 29.8 Å². The third kappa shape index (κ3) is 6.81. The van der Waals surface area contributed by atoms with Crippen molar-refractivity contribution < 1.29 is 24.2 Å².